The lowest BCUT2D eigenvalue weighted by molar-refractivity contribution is -0.142. The van der Waals surface area contributed by atoms with Crippen LogP contribution in [0.15, 0.2) is 53.5 Å². The van der Waals surface area contributed by atoms with E-state index in [0.717, 1.165) is 6.26 Å². The fourth-order valence-electron chi connectivity index (χ4n) is 10.7. The predicted molar refractivity (Wildman–Crippen MR) is 360 cm³/mol. The van der Waals surface area contributed by atoms with Crippen LogP contribution < -0.4 is 75.7 Å². The van der Waals surface area contributed by atoms with Gasteiger partial charge in [-0.25, -0.2) is 9.97 Å². The van der Waals surface area contributed by atoms with Crippen LogP contribution >= 0.6 is 0 Å². The van der Waals surface area contributed by atoms with Crippen LogP contribution in [0.2, 0.25) is 0 Å². The van der Waals surface area contributed by atoms with Gasteiger partial charge >= 0.3 is 11.9 Å². The van der Waals surface area contributed by atoms with Gasteiger partial charge in [0, 0.05) is 37.7 Å². The molecule has 34 heteroatoms. The van der Waals surface area contributed by atoms with Gasteiger partial charge < -0.3 is 95.3 Å². The number of benzene rings is 1. The summed E-state index contributed by atoms with van der Waals surface area (Å²) in [4.78, 5) is 206. The number of nitrogens with one attached hydrogen (secondary N) is 12. The summed E-state index contributed by atoms with van der Waals surface area (Å²) in [5.41, 5.74) is 18.4. The first-order valence-corrected chi connectivity index (χ1v) is 33.9. The van der Waals surface area contributed by atoms with Crippen molar-refractivity contribution in [2.24, 2.45) is 40.9 Å². The third kappa shape index (κ3) is 27.1. The Balaban J connectivity index is 1.78. The van der Waals surface area contributed by atoms with E-state index in [2.05, 4.69) is 73.4 Å². The van der Waals surface area contributed by atoms with E-state index in [4.69, 9.17) is 21.6 Å². The van der Waals surface area contributed by atoms with Crippen molar-refractivity contribution in [3.05, 3.63) is 72.0 Å². The second-order valence-corrected chi connectivity index (χ2v) is 25.7. The Kier molecular flexibility index (Phi) is 34.3. The Bertz CT molecular complexity index is 3260. The van der Waals surface area contributed by atoms with Gasteiger partial charge in [0.15, 0.2) is 5.69 Å². The number of aromatic amines is 1. The number of hydrogen-bond donors (Lipinski definition) is 17. The molecule has 0 radical (unpaired) electrons. The fraction of sp³-hybridized carbons (Fsp3) is 0.606. The van der Waals surface area contributed by atoms with E-state index in [1.54, 1.807) is 71.9 Å². The van der Waals surface area contributed by atoms with Crippen molar-refractivity contribution in [2.75, 3.05) is 13.1 Å². The van der Waals surface area contributed by atoms with E-state index in [9.17, 15) is 77.3 Å². The zero-order valence-electron chi connectivity index (χ0n) is 57.9. The van der Waals surface area contributed by atoms with Crippen molar-refractivity contribution in [3.63, 3.8) is 0 Å². The highest BCUT2D eigenvalue weighted by molar-refractivity contribution is 6.01. The molecule has 0 spiro atoms. The lowest BCUT2D eigenvalue weighted by Crippen LogP contribution is -2.62. The maximum absolute atomic E-state index is 14.9. The molecule has 552 valence electrons. The third-order valence-corrected chi connectivity index (χ3v) is 17.3. The number of carboxylic acid groups (broad SMARTS) is 2. The highest BCUT2D eigenvalue weighted by atomic mass is 16.4. The molecule has 34 nitrogen and oxygen atoms in total. The molecular formula is C66H101N17O17. The normalized spacial score (nSPS) is 21.7. The second-order valence-electron chi connectivity index (χ2n) is 25.7. The van der Waals surface area contributed by atoms with E-state index in [1.165, 1.54) is 12.5 Å². The molecule has 20 N–H and O–H groups in total. The van der Waals surface area contributed by atoms with Crippen molar-refractivity contribution in [2.45, 2.75) is 218 Å². The van der Waals surface area contributed by atoms with Crippen molar-refractivity contribution >= 4 is 82.8 Å². The van der Waals surface area contributed by atoms with Gasteiger partial charge in [-0.05, 0) is 80.7 Å². The zero-order chi connectivity index (χ0) is 74.3. The summed E-state index contributed by atoms with van der Waals surface area (Å²) in [6.45, 7) is 13.8. The number of imidazole rings is 1. The largest absolute Gasteiger partial charge is 0.481 e. The Hall–Kier alpha value is -9.86. The quantitative estimate of drug-likeness (QED) is 0.0359. The summed E-state index contributed by atoms with van der Waals surface area (Å²) in [6, 6.07) is -7.91. The average Bonchev–Trinajstić information content (AvgIpc) is 1.41. The number of amides is 12. The van der Waals surface area contributed by atoms with Gasteiger partial charge in [-0.3, -0.25) is 67.1 Å². The predicted octanol–water partition coefficient (Wildman–Crippen LogP) is -1.22. The van der Waals surface area contributed by atoms with E-state index in [1.807, 2.05) is 13.8 Å². The Morgan fingerprint density at radius 3 is 1.85 bits per heavy atom. The Morgan fingerprint density at radius 1 is 0.660 bits per heavy atom. The molecule has 1 aliphatic heterocycles. The highest BCUT2D eigenvalue weighted by Gasteiger charge is 2.39. The van der Waals surface area contributed by atoms with Crippen molar-refractivity contribution < 1.29 is 81.8 Å². The molecular weight excluding hydrogens is 1300 g/mol. The van der Waals surface area contributed by atoms with Gasteiger partial charge in [-0.1, -0.05) is 105 Å². The molecule has 14 atom stereocenters. The molecule has 0 unspecified atom stereocenters. The molecule has 0 bridgehead atoms. The summed E-state index contributed by atoms with van der Waals surface area (Å²) >= 11 is 0. The van der Waals surface area contributed by atoms with Gasteiger partial charge in [0.25, 0.3) is 5.91 Å². The molecule has 12 amide bonds. The number of aliphatic carboxylic acids is 2. The number of carbonyl (C=O) groups excluding carboxylic acids is 12. The molecule has 4 rings (SSSR count). The molecule has 1 aromatic carbocycles. The van der Waals surface area contributed by atoms with Gasteiger partial charge in [0.05, 0.1) is 25.2 Å². The summed E-state index contributed by atoms with van der Waals surface area (Å²) in [7, 11) is 0. The molecule has 3 aromatic rings. The van der Waals surface area contributed by atoms with Crippen LogP contribution in [0.4, 0.5) is 0 Å². The highest BCUT2D eigenvalue weighted by Crippen LogP contribution is 2.22. The minimum absolute atomic E-state index is 0.00803. The average molecular weight is 1400 g/mol. The SMILES string of the molecule is CC[C@H](C)[C@H](NC(=O)[C@@H](CCC(=O)O)NC(=O)[C@H](CC(C)C)NC(=O)c1coc([C@@H](N)[C@@H](C)CC)n1)C(=O)N[C@H]1CCCCNC(=O)[C@H](CC(N)=O)NC(=O)[C@@H](CC(=O)O)NC(=O)[C@H](Cc2cnc[nH]2)NC(=O)[C@@H](Cc2ccccc2)NC(=O)[C@H]([C@@H](C)CC)NC(=O)[C@@H](CCCN)NC1=O. The second kappa shape index (κ2) is 41.5. The smallest absolute Gasteiger partial charge is 0.305 e. The first kappa shape index (κ1) is 82.6. The van der Waals surface area contributed by atoms with Gasteiger partial charge in [0.1, 0.15) is 66.7 Å². The number of primary amides is 1. The van der Waals surface area contributed by atoms with Crippen LogP contribution in [-0.4, -0.2) is 181 Å². The summed E-state index contributed by atoms with van der Waals surface area (Å²) in [6.07, 6.45) is 1.18. The van der Waals surface area contributed by atoms with Crippen molar-refractivity contribution in [1.29, 1.82) is 0 Å². The number of nitrogens with two attached hydrogens (primary N) is 3. The number of nitrogens with zero attached hydrogens (tertiary/aromatic N) is 2. The number of oxazole rings is 1. The minimum atomic E-state index is -1.95. The zero-order valence-corrected chi connectivity index (χ0v) is 57.9. The van der Waals surface area contributed by atoms with Crippen LogP contribution in [0.25, 0.3) is 0 Å². The van der Waals surface area contributed by atoms with E-state index in [0.29, 0.717) is 12.0 Å². The molecule has 1 saturated heterocycles. The van der Waals surface area contributed by atoms with Gasteiger partial charge in [0.2, 0.25) is 70.9 Å². The molecule has 1 aliphatic rings. The molecule has 0 saturated carbocycles. The van der Waals surface area contributed by atoms with Crippen LogP contribution in [-0.2, 0) is 75.2 Å². The first-order chi connectivity index (χ1) is 47.4. The number of H-pyrrole nitrogens is 1. The lowest BCUT2D eigenvalue weighted by atomic mass is 9.96. The third-order valence-electron chi connectivity index (χ3n) is 17.3. The fourth-order valence-corrected chi connectivity index (χ4v) is 10.7. The van der Waals surface area contributed by atoms with Crippen molar-refractivity contribution in [1.82, 2.24) is 73.4 Å². The summed E-state index contributed by atoms with van der Waals surface area (Å²) in [5, 5.41) is 48.2. The summed E-state index contributed by atoms with van der Waals surface area (Å²) < 4.78 is 5.50. The van der Waals surface area contributed by atoms with Gasteiger partial charge in [-0.2, -0.15) is 0 Å². The van der Waals surface area contributed by atoms with E-state index in [-0.39, 0.29) is 106 Å². The minimum Gasteiger partial charge on any atom is -0.481 e. The topological polar surface area (TPSA) is 545 Å². The number of rotatable bonds is 31. The Labute approximate surface area is 580 Å². The number of aromatic nitrogens is 3. The Morgan fingerprint density at radius 2 is 1.26 bits per heavy atom. The first-order valence-electron chi connectivity index (χ1n) is 33.9. The summed E-state index contributed by atoms with van der Waals surface area (Å²) in [5.74, 6) is -16.2. The van der Waals surface area contributed by atoms with Gasteiger partial charge in [-0.15, -0.1) is 0 Å². The standard InChI is InChI=1S/C66H101N17O17/c1-9-35(6)52(69)66-81-48(32-100-66)63(97)76-43(26-34(4)5)59(93)74-42(22-23-50(85)86)58(92)83-53(36(7)10-2)64(98)75-40-20-15-16-25-71-55(89)46(29-49(68)84)78-62(96)47(30-51(87)88)79-61(95)45(28-39-31-70-33-72-39)77-60(94)44(27-38-18-13-12-14-19-38)80-65(99)54(37(8)11-3)82-57(91)41(21-17-24-67)73-56(40)90/h12-14,18-19,31-37,40-47,52-54H,9-11,15-17,20-30,67,69H2,1-8H3,(H2,68,84)(H,70,72)(H,71,89)(H,73,90)(H,74,93)(H,75,98)(H,76,97)(H,77,94)(H,78,96)(H,79,95)(H,80,99)(H,82,91)(H,83,92)(H,85,86)(H,87,88)/t35-,36-,37-,40-,41+,42+,43-,44+,45-,46-,47+,52-,53-,54-/m0/s1. The molecule has 1 fully saturated rings. The van der Waals surface area contributed by atoms with Crippen molar-refractivity contribution in [3.8, 4) is 0 Å². The molecule has 100 heavy (non-hydrogen) atoms. The number of carbonyl (C=O) groups is 14. The van der Waals surface area contributed by atoms with E-state index < -0.39 is 187 Å². The van der Waals surface area contributed by atoms with E-state index >= 15 is 0 Å². The maximum Gasteiger partial charge on any atom is 0.305 e. The number of carboxylic acids is 2. The monoisotopic (exact) mass is 1400 g/mol. The van der Waals surface area contributed by atoms with Crippen LogP contribution in [0.5, 0.6) is 0 Å². The van der Waals surface area contributed by atoms with Crippen LogP contribution in [0, 0.1) is 23.7 Å². The van der Waals surface area contributed by atoms with Crippen LogP contribution in [0.1, 0.15) is 173 Å². The molecule has 3 heterocycles. The lowest BCUT2D eigenvalue weighted by Gasteiger charge is -2.30. The molecule has 2 aromatic heterocycles. The van der Waals surface area contributed by atoms with Crippen LogP contribution in [0.3, 0.4) is 0 Å². The maximum atomic E-state index is 14.9. The molecule has 0 aliphatic carbocycles. The number of hydrogen-bond acceptors (Lipinski definition) is 19.